The lowest BCUT2D eigenvalue weighted by atomic mass is 9.62. The molecule has 0 aromatic heterocycles. The second kappa shape index (κ2) is 9.59. The zero-order valence-electron chi connectivity index (χ0n) is 18.8. The molecule has 2 fully saturated rings. The SMILES string of the molecule is CC1CCC(C(C)C)C(CCO)(OC2(CCO)CC(C)CCC2C(C)C)C1. The maximum absolute atomic E-state index is 10.0. The van der Waals surface area contributed by atoms with Crippen molar-refractivity contribution in [1.29, 1.82) is 0 Å². The van der Waals surface area contributed by atoms with Crippen molar-refractivity contribution >= 4 is 0 Å². The van der Waals surface area contributed by atoms with Gasteiger partial charge in [0.25, 0.3) is 0 Å². The molecule has 0 saturated heterocycles. The van der Waals surface area contributed by atoms with Crippen molar-refractivity contribution in [3.63, 3.8) is 0 Å². The van der Waals surface area contributed by atoms with Crippen LogP contribution in [0.2, 0.25) is 0 Å². The van der Waals surface area contributed by atoms with E-state index >= 15 is 0 Å². The summed E-state index contributed by atoms with van der Waals surface area (Å²) in [5.41, 5.74) is -0.500. The van der Waals surface area contributed by atoms with Gasteiger partial charge in [-0.3, -0.25) is 0 Å². The Morgan fingerprint density at radius 2 is 1.11 bits per heavy atom. The quantitative estimate of drug-likeness (QED) is 0.588. The van der Waals surface area contributed by atoms with Crippen molar-refractivity contribution in [2.24, 2.45) is 35.5 Å². The third-order valence-corrected chi connectivity index (χ3v) is 7.77. The van der Waals surface area contributed by atoms with Gasteiger partial charge in [0, 0.05) is 13.2 Å². The van der Waals surface area contributed by atoms with Crippen LogP contribution in [0.3, 0.4) is 0 Å². The number of hydrogen-bond donors (Lipinski definition) is 2. The molecule has 2 rings (SSSR count). The van der Waals surface area contributed by atoms with Gasteiger partial charge < -0.3 is 14.9 Å². The Bertz CT molecular complexity index is 409. The van der Waals surface area contributed by atoms with Gasteiger partial charge in [0.2, 0.25) is 0 Å². The fourth-order valence-electron chi connectivity index (χ4n) is 6.72. The Labute approximate surface area is 168 Å². The monoisotopic (exact) mass is 382 g/mol. The van der Waals surface area contributed by atoms with Crippen LogP contribution >= 0.6 is 0 Å². The molecule has 0 aromatic rings. The highest BCUT2D eigenvalue weighted by molar-refractivity contribution is 5.02. The third kappa shape index (κ3) is 5.08. The van der Waals surface area contributed by atoms with Crippen LogP contribution in [0.25, 0.3) is 0 Å². The van der Waals surface area contributed by atoms with Gasteiger partial charge in [0.1, 0.15) is 0 Å². The van der Waals surface area contributed by atoms with Gasteiger partial charge in [0.05, 0.1) is 11.2 Å². The van der Waals surface area contributed by atoms with Gasteiger partial charge in [-0.2, -0.15) is 0 Å². The first-order valence-corrected chi connectivity index (χ1v) is 11.6. The van der Waals surface area contributed by atoms with E-state index in [4.69, 9.17) is 4.74 Å². The highest BCUT2D eigenvalue weighted by Gasteiger charge is 2.53. The van der Waals surface area contributed by atoms with Crippen LogP contribution < -0.4 is 0 Å². The fraction of sp³-hybridized carbons (Fsp3) is 1.00. The van der Waals surface area contributed by atoms with Gasteiger partial charge in [-0.05, 0) is 74.0 Å². The zero-order valence-corrected chi connectivity index (χ0v) is 18.8. The van der Waals surface area contributed by atoms with Gasteiger partial charge >= 0.3 is 0 Å². The Balaban J connectivity index is 2.46. The number of aliphatic hydroxyl groups is 2. The minimum absolute atomic E-state index is 0.188. The maximum atomic E-state index is 10.0. The molecule has 3 nitrogen and oxygen atoms in total. The normalized spacial score (nSPS) is 40.7. The molecule has 6 atom stereocenters. The molecular weight excluding hydrogens is 336 g/mol. The molecule has 0 amide bonds. The van der Waals surface area contributed by atoms with Crippen molar-refractivity contribution in [2.75, 3.05) is 13.2 Å². The second-order valence-electron chi connectivity index (χ2n) is 10.7. The molecule has 3 heteroatoms. The largest absolute Gasteiger partial charge is 0.396 e. The molecule has 0 radical (unpaired) electrons. The van der Waals surface area contributed by atoms with Crippen LogP contribution in [-0.4, -0.2) is 34.6 Å². The van der Waals surface area contributed by atoms with Gasteiger partial charge in [0.15, 0.2) is 0 Å². The summed E-state index contributed by atoms with van der Waals surface area (Å²) in [7, 11) is 0. The van der Waals surface area contributed by atoms with Crippen LogP contribution in [0.4, 0.5) is 0 Å². The Kier molecular flexibility index (Phi) is 8.22. The Hall–Kier alpha value is -0.120. The fourth-order valence-corrected chi connectivity index (χ4v) is 6.72. The predicted molar refractivity (Wildman–Crippen MR) is 113 cm³/mol. The zero-order chi connectivity index (χ0) is 20.2. The van der Waals surface area contributed by atoms with Crippen LogP contribution in [0.15, 0.2) is 0 Å². The molecule has 160 valence electrons. The first-order valence-electron chi connectivity index (χ1n) is 11.6. The van der Waals surface area contributed by atoms with Crippen LogP contribution in [-0.2, 0) is 4.74 Å². The van der Waals surface area contributed by atoms with Crippen molar-refractivity contribution in [1.82, 2.24) is 0 Å². The lowest BCUT2D eigenvalue weighted by Gasteiger charge is -2.57. The lowest BCUT2D eigenvalue weighted by molar-refractivity contribution is -0.255. The van der Waals surface area contributed by atoms with Gasteiger partial charge in [-0.25, -0.2) is 0 Å². The molecule has 0 spiro atoms. The minimum atomic E-state index is -0.250. The van der Waals surface area contributed by atoms with E-state index in [1.54, 1.807) is 0 Å². The summed E-state index contributed by atoms with van der Waals surface area (Å²) in [5, 5.41) is 20.0. The molecule has 0 bridgehead atoms. The average Bonchev–Trinajstić information content (AvgIpc) is 2.54. The smallest absolute Gasteiger partial charge is 0.0745 e. The summed E-state index contributed by atoms with van der Waals surface area (Å²) in [6.45, 7) is 14.3. The summed E-state index contributed by atoms with van der Waals surface area (Å²) in [4.78, 5) is 0. The molecule has 27 heavy (non-hydrogen) atoms. The van der Waals surface area contributed by atoms with E-state index in [2.05, 4.69) is 41.5 Å². The lowest BCUT2D eigenvalue weighted by Crippen LogP contribution is -2.58. The predicted octanol–water partition coefficient (Wildman–Crippen LogP) is 5.43. The van der Waals surface area contributed by atoms with Crippen molar-refractivity contribution in [2.45, 2.75) is 104 Å². The van der Waals surface area contributed by atoms with Crippen LogP contribution in [0, 0.1) is 35.5 Å². The summed E-state index contributed by atoms with van der Waals surface area (Å²) in [6, 6.07) is 0. The van der Waals surface area contributed by atoms with E-state index in [0.717, 1.165) is 25.7 Å². The Morgan fingerprint density at radius 1 is 0.741 bits per heavy atom. The molecule has 0 heterocycles. The van der Waals surface area contributed by atoms with E-state index < -0.39 is 0 Å². The highest BCUT2D eigenvalue weighted by atomic mass is 16.5. The third-order valence-electron chi connectivity index (χ3n) is 7.77. The minimum Gasteiger partial charge on any atom is -0.396 e. The van der Waals surface area contributed by atoms with E-state index in [9.17, 15) is 10.2 Å². The number of hydrogen-bond acceptors (Lipinski definition) is 3. The molecule has 2 saturated carbocycles. The maximum Gasteiger partial charge on any atom is 0.0745 e. The molecule has 2 aliphatic rings. The summed E-state index contributed by atoms with van der Waals surface area (Å²) < 4.78 is 7.36. The Morgan fingerprint density at radius 3 is 1.41 bits per heavy atom. The summed E-state index contributed by atoms with van der Waals surface area (Å²) in [6.07, 6.45) is 8.45. The topological polar surface area (TPSA) is 49.7 Å². The number of rotatable bonds is 8. The van der Waals surface area contributed by atoms with E-state index in [-0.39, 0.29) is 24.4 Å². The first-order chi connectivity index (χ1) is 12.7. The molecular formula is C24H46O3. The first kappa shape index (κ1) is 23.2. The summed E-state index contributed by atoms with van der Waals surface area (Å²) >= 11 is 0. The molecule has 0 aromatic carbocycles. The van der Waals surface area contributed by atoms with E-state index in [1.165, 1.54) is 25.7 Å². The average molecular weight is 383 g/mol. The summed E-state index contributed by atoms with van der Waals surface area (Å²) in [5.74, 6) is 3.35. The van der Waals surface area contributed by atoms with Crippen molar-refractivity contribution in [3.05, 3.63) is 0 Å². The van der Waals surface area contributed by atoms with E-state index in [0.29, 0.717) is 35.5 Å². The molecule has 2 N–H and O–H groups in total. The standard InChI is InChI=1S/C24H46O3/c1-17(2)21-9-7-19(5)15-23(21,11-13-25)27-24(12-14-26)16-20(6)8-10-22(24)18(3)4/h17-22,25-26H,7-16H2,1-6H3. The van der Waals surface area contributed by atoms with E-state index in [1.807, 2.05) is 0 Å². The molecule has 6 unspecified atom stereocenters. The van der Waals surface area contributed by atoms with Crippen molar-refractivity contribution in [3.8, 4) is 0 Å². The van der Waals surface area contributed by atoms with Gasteiger partial charge in [-0.15, -0.1) is 0 Å². The highest BCUT2D eigenvalue weighted by Crippen LogP contribution is 2.53. The number of aliphatic hydroxyl groups excluding tert-OH is 2. The molecule has 2 aliphatic carbocycles. The number of ether oxygens (including phenoxy) is 1. The van der Waals surface area contributed by atoms with Crippen molar-refractivity contribution < 1.29 is 14.9 Å². The van der Waals surface area contributed by atoms with Crippen LogP contribution in [0.1, 0.15) is 92.9 Å². The molecule has 0 aliphatic heterocycles. The second-order valence-corrected chi connectivity index (χ2v) is 10.7. The van der Waals surface area contributed by atoms with Crippen LogP contribution in [0.5, 0.6) is 0 Å². The van der Waals surface area contributed by atoms with Gasteiger partial charge in [-0.1, -0.05) is 54.4 Å².